The number of aliphatic hydroxyl groups excluding tert-OH is 1. The second-order valence-electron chi connectivity index (χ2n) is 6.24. The third-order valence-electron chi connectivity index (χ3n) is 4.76. The lowest BCUT2D eigenvalue weighted by molar-refractivity contribution is 0.146. The fourth-order valence-electron chi connectivity index (χ4n) is 3.45. The molecule has 1 saturated carbocycles. The quantitative estimate of drug-likeness (QED) is 0.773. The number of aliphatic hydroxyl groups is 1. The zero-order valence-corrected chi connectivity index (χ0v) is 13.5. The maximum absolute atomic E-state index is 9.31. The number of nitrogens with one attached hydrogen (secondary N) is 1. The monoisotopic (exact) mass is 290 g/mol. The van der Waals surface area contributed by atoms with Crippen LogP contribution in [0.15, 0.2) is 24.3 Å². The molecule has 1 atom stereocenters. The van der Waals surface area contributed by atoms with Gasteiger partial charge < -0.3 is 10.4 Å². The van der Waals surface area contributed by atoms with Crippen molar-refractivity contribution in [1.29, 1.82) is 0 Å². The Balaban J connectivity index is 1.92. The SMILES string of the molecule is CNC(CCN(CCO)C1CCCC1)c1ccc(C)cc1. The van der Waals surface area contributed by atoms with Crippen LogP contribution in [0.1, 0.15) is 49.3 Å². The molecular weight excluding hydrogens is 260 g/mol. The van der Waals surface area contributed by atoms with Gasteiger partial charge >= 0.3 is 0 Å². The summed E-state index contributed by atoms with van der Waals surface area (Å²) in [6.45, 7) is 4.27. The van der Waals surface area contributed by atoms with Crippen LogP contribution in [0.5, 0.6) is 0 Å². The molecule has 3 heteroatoms. The maximum Gasteiger partial charge on any atom is 0.0558 e. The minimum absolute atomic E-state index is 0.269. The summed E-state index contributed by atoms with van der Waals surface area (Å²) >= 11 is 0. The van der Waals surface area contributed by atoms with E-state index in [1.807, 2.05) is 7.05 Å². The highest BCUT2D eigenvalue weighted by Crippen LogP contribution is 2.25. The zero-order chi connectivity index (χ0) is 15.1. The third kappa shape index (κ3) is 4.80. The predicted molar refractivity (Wildman–Crippen MR) is 88.5 cm³/mol. The van der Waals surface area contributed by atoms with Crippen LogP contribution >= 0.6 is 0 Å². The summed E-state index contributed by atoms with van der Waals surface area (Å²) in [5.41, 5.74) is 2.67. The van der Waals surface area contributed by atoms with E-state index in [0.717, 1.165) is 19.5 Å². The Bertz CT molecular complexity index is 398. The van der Waals surface area contributed by atoms with Gasteiger partial charge in [0.05, 0.1) is 6.61 Å². The molecule has 0 aromatic heterocycles. The first-order chi connectivity index (χ1) is 10.2. The maximum atomic E-state index is 9.31. The molecular formula is C18H30N2O. The standard InChI is InChI=1S/C18H30N2O/c1-15-7-9-16(10-8-15)18(19-2)11-12-20(13-14-21)17-5-3-4-6-17/h7-10,17-19,21H,3-6,11-14H2,1-2H3. The first kappa shape index (κ1) is 16.5. The minimum Gasteiger partial charge on any atom is -0.395 e. The number of benzene rings is 1. The number of rotatable bonds is 8. The fraction of sp³-hybridized carbons (Fsp3) is 0.667. The lowest BCUT2D eigenvalue weighted by Gasteiger charge is -2.30. The van der Waals surface area contributed by atoms with Gasteiger partial charge in [-0.05, 0) is 38.8 Å². The van der Waals surface area contributed by atoms with Crippen molar-refractivity contribution in [1.82, 2.24) is 10.2 Å². The van der Waals surface area contributed by atoms with Gasteiger partial charge in [-0.2, -0.15) is 0 Å². The molecule has 0 radical (unpaired) electrons. The molecule has 0 aliphatic heterocycles. The van der Waals surface area contributed by atoms with Gasteiger partial charge in [-0.1, -0.05) is 42.7 Å². The highest BCUT2D eigenvalue weighted by atomic mass is 16.3. The van der Waals surface area contributed by atoms with E-state index in [1.165, 1.54) is 36.8 Å². The van der Waals surface area contributed by atoms with Gasteiger partial charge in [0.2, 0.25) is 0 Å². The highest BCUT2D eigenvalue weighted by molar-refractivity contribution is 5.24. The van der Waals surface area contributed by atoms with E-state index in [-0.39, 0.29) is 6.61 Å². The summed E-state index contributed by atoms with van der Waals surface area (Å²) in [5, 5.41) is 12.7. The van der Waals surface area contributed by atoms with Crippen LogP contribution in [0.25, 0.3) is 0 Å². The number of nitrogens with zero attached hydrogens (tertiary/aromatic N) is 1. The zero-order valence-electron chi connectivity index (χ0n) is 13.5. The van der Waals surface area contributed by atoms with E-state index in [2.05, 4.69) is 41.4 Å². The van der Waals surface area contributed by atoms with Crippen LogP contribution in [0.2, 0.25) is 0 Å². The van der Waals surface area contributed by atoms with Crippen LogP contribution in [-0.4, -0.2) is 42.8 Å². The molecule has 1 aliphatic rings. The molecule has 1 fully saturated rings. The first-order valence-electron chi connectivity index (χ1n) is 8.33. The van der Waals surface area contributed by atoms with Crippen molar-refractivity contribution in [3.8, 4) is 0 Å². The lowest BCUT2D eigenvalue weighted by Crippen LogP contribution is -2.37. The summed E-state index contributed by atoms with van der Waals surface area (Å²) in [6, 6.07) is 9.90. The van der Waals surface area contributed by atoms with Gasteiger partial charge in [0.1, 0.15) is 0 Å². The number of hydrogen-bond donors (Lipinski definition) is 2. The molecule has 2 N–H and O–H groups in total. The van der Waals surface area contributed by atoms with Crippen molar-refractivity contribution in [3.05, 3.63) is 35.4 Å². The lowest BCUT2D eigenvalue weighted by atomic mass is 10.0. The molecule has 0 spiro atoms. The minimum atomic E-state index is 0.269. The van der Waals surface area contributed by atoms with Crippen molar-refractivity contribution in [2.45, 2.75) is 51.1 Å². The van der Waals surface area contributed by atoms with Crippen LogP contribution in [0.4, 0.5) is 0 Å². The summed E-state index contributed by atoms with van der Waals surface area (Å²) in [7, 11) is 2.04. The van der Waals surface area contributed by atoms with Gasteiger partial charge in [0.15, 0.2) is 0 Å². The Kier molecular flexibility index (Phi) is 6.68. The van der Waals surface area contributed by atoms with Crippen molar-refractivity contribution < 1.29 is 5.11 Å². The van der Waals surface area contributed by atoms with E-state index < -0.39 is 0 Å². The molecule has 0 saturated heterocycles. The number of aryl methyl sites for hydroxylation is 1. The Labute approximate surface area is 129 Å². The van der Waals surface area contributed by atoms with E-state index in [4.69, 9.17) is 0 Å². The predicted octanol–water partition coefficient (Wildman–Crippen LogP) is 2.88. The second-order valence-corrected chi connectivity index (χ2v) is 6.24. The topological polar surface area (TPSA) is 35.5 Å². The molecule has 1 aromatic rings. The summed E-state index contributed by atoms with van der Waals surface area (Å²) in [6.07, 6.45) is 6.39. The Morgan fingerprint density at radius 3 is 2.43 bits per heavy atom. The molecule has 1 aliphatic carbocycles. The second kappa shape index (κ2) is 8.52. The molecule has 1 unspecified atom stereocenters. The van der Waals surface area contributed by atoms with Gasteiger partial charge in [-0.15, -0.1) is 0 Å². The van der Waals surface area contributed by atoms with Crippen molar-refractivity contribution >= 4 is 0 Å². The average molecular weight is 290 g/mol. The van der Waals surface area contributed by atoms with Gasteiger partial charge in [0.25, 0.3) is 0 Å². The van der Waals surface area contributed by atoms with E-state index in [9.17, 15) is 5.11 Å². The Hall–Kier alpha value is -0.900. The van der Waals surface area contributed by atoms with Crippen LogP contribution in [0, 0.1) is 6.92 Å². The molecule has 0 heterocycles. The highest BCUT2D eigenvalue weighted by Gasteiger charge is 2.22. The molecule has 0 bridgehead atoms. The fourth-order valence-corrected chi connectivity index (χ4v) is 3.45. The van der Waals surface area contributed by atoms with Crippen LogP contribution in [0.3, 0.4) is 0 Å². The molecule has 21 heavy (non-hydrogen) atoms. The summed E-state index contributed by atoms with van der Waals surface area (Å²) in [5.74, 6) is 0. The van der Waals surface area contributed by atoms with Crippen molar-refractivity contribution in [2.75, 3.05) is 26.7 Å². The van der Waals surface area contributed by atoms with Crippen LogP contribution in [-0.2, 0) is 0 Å². The normalized spacial score (nSPS) is 17.5. The molecule has 118 valence electrons. The largest absolute Gasteiger partial charge is 0.395 e. The average Bonchev–Trinajstić information content (AvgIpc) is 3.02. The van der Waals surface area contributed by atoms with E-state index >= 15 is 0 Å². The number of hydrogen-bond acceptors (Lipinski definition) is 3. The molecule has 2 rings (SSSR count). The molecule has 0 amide bonds. The first-order valence-corrected chi connectivity index (χ1v) is 8.33. The molecule has 3 nitrogen and oxygen atoms in total. The van der Waals surface area contributed by atoms with E-state index in [1.54, 1.807) is 0 Å². The molecule has 1 aromatic carbocycles. The van der Waals surface area contributed by atoms with Crippen molar-refractivity contribution in [2.24, 2.45) is 0 Å². The van der Waals surface area contributed by atoms with E-state index in [0.29, 0.717) is 12.1 Å². The third-order valence-corrected chi connectivity index (χ3v) is 4.76. The summed E-state index contributed by atoms with van der Waals surface area (Å²) in [4.78, 5) is 2.49. The summed E-state index contributed by atoms with van der Waals surface area (Å²) < 4.78 is 0. The van der Waals surface area contributed by atoms with Crippen LogP contribution < -0.4 is 5.32 Å². The van der Waals surface area contributed by atoms with Gasteiger partial charge in [-0.3, -0.25) is 4.90 Å². The van der Waals surface area contributed by atoms with Gasteiger partial charge in [0, 0.05) is 25.2 Å². The smallest absolute Gasteiger partial charge is 0.0558 e. The van der Waals surface area contributed by atoms with Gasteiger partial charge in [-0.25, -0.2) is 0 Å². The van der Waals surface area contributed by atoms with Crippen molar-refractivity contribution in [3.63, 3.8) is 0 Å². The Morgan fingerprint density at radius 1 is 1.19 bits per heavy atom. The Morgan fingerprint density at radius 2 is 1.86 bits per heavy atom.